The van der Waals surface area contributed by atoms with Gasteiger partial charge < -0.3 is 0 Å². The number of benzene rings is 2. The van der Waals surface area contributed by atoms with E-state index in [2.05, 4.69) is 4.99 Å². The van der Waals surface area contributed by atoms with Gasteiger partial charge in [0.15, 0.2) is 11.0 Å². The van der Waals surface area contributed by atoms with Crippen molar-refractivity contribution in [3.8, 4) is 0 Å². The van der Waals surface area contributed by atoms with E-state index in [0.717, 1.165) is 12.2 Å². The molecule has 3 rings (SSSR count). The van der Waals surface area contributed by atoms with Gasteiger partial charge in [0.1, 0.15) is 5.82 Å². The number of hydrogen-bond acceptors (Lipinski definition) is 4. The Kier molecular flexibility index (Phi) is 5.28. The topological polar surface area (TPSA) is 49.7 Å². The van der Waals surface area contributed by atoms with E-state index in [1.165, 1.54) is 35.7 Å². The smallest absolute Gasteiger partial charge is 0.262 e. The third-order valence-electron chi connectivity index (χ3n) is 3.84. The van der Waals surface area contributed by atoms with Crippen molar-refractivity contribution < 1.29 is 14.0 Å². The maximum Gasteiger partial charge on any atom is 0.262 e. The summed E-state index contributed by atoms with van der Waals surface area (Å²) < 4.78 is 13.9. The van der Waals surface area contributed by atoms with Crippen LogP contribution in [0.15, 0.2) is 53.5 Å². The van der Waals surface area contributed by atoms with E-state index in [0.29, 0.717) is 23.0 Å². The largest absolute Gasteiger partial charge is 0.295 e. The molecule has 1 aliphatic heterocycles. The Labute approximate surface area is 149 Å². The molecule has 1 heterocycles. The highest BCUT2D eigenvalue weighted by Gasteiger charge is 2.26. The first-order chi connectivity index (χ1) is 12.1. The number of amidine groups is 1. The SMILES string of the molecule is CC(=O)c1ccc(N=C2SCCCN2C(=O)c2ccccc2F)cc1. The molecular weight excluding hydrogens is 339 g/mol. The molecule has 0 unspecified atom stereocenters. The monoisotopic (exact) mass is 356 g/mol. The van der Waals surface area contributed by atoms with E-state index in [1.54, 1.807) is 36.4 Å². The highest BCUT2D eigenvalue weighted by atomic mass is 32.2. The fraction of sp³-hybridized carbons (Fsp3) is 0.211. The molecule has 2 aromatic carbocycles. The summed E-state index contributed by atoms with van der Waals surface area (Å²) >= 11 is 1.47. The maximum atomic E-state index is 13.9. The molecule has 0 saturated carbocycles. The zero-order valence-corrected chi connectivity index (χ0v) is 14.6. The van der Waals surface area contributed by atoms with Gasteiger partial charge in [-0.05, 0) is 49.7 Å². The van der Waals surface area contributed by atoms with Gasteiger partial charge in [-0.25, -0.2) is 9.38 Å². The van der Waals surface area contributed by atoms with Crippen LogP contribution in [0.5, 0.6) is 0 Å². The second-order valence-corrected chi connectivity index (χ2v) is 6.70. The lowest BCUT2D eigenvalue weighted by Gasteiger charge is -2.28. The Bertz CT molecular complexity index is 834. The molecule has 6 heteroatoms. The summed E-state index contributed by atoms with van der Waals surface area (Å²) in [7, 11) is 0. The van der Waals surface area contributed by atoms with Gasteiger partial charge in [-0.15, -0.1) is 0 Å². The molecule has 25 heavy (non-hydrogen) atoms. The second kappa shape index (κ2) is 7.61. The van der Waals surface area contributed by atoms with Crippen LogP contribution in [0.3, 0.4) is 0 Å². The van der Waals surface area contributed by atoms with E-state index in [1.807, 2.05) is 0 Å². The predicted octanol–water partition coefficient (Wildman–Crippen LogP) is 4.30. The van der Waals surface area contributed by atoms with Crippen LogP contribution < -0.4 is 0 Å². The van der Waals surface area contributed by atoms with E-state index in [-0.39, 0.29) is 17.3 Å². The number of carbonyl (C=O) groups is 2. The fourth-order valence-corrected chi connectivity index (χ4v) is 3.46. The average molecular weight is 356 g/mol. The molecule has 0 bridgehead atoms. The van der Waals surface area contributed by atoms with Crippen molar-refractivity contribution >= 4 is 34.3 Å². The predicted molar refractivity (Wildman–Crippen MR) is 98.1 cm³/mol. The molecule has 0 spiro atoms. The Hall–Kier alpha value is -2.47. The van der Waals surface area contributed by atoms with Gasteiger partial charge in [-0.2, -0.15) is 0 Å². The first kappa shape index (κ1) is 17.4. The summed E-state index contributed by atoms with van der Waals surface area (Å²) in [5.41, 5.74) is 1.31. The number of carbonyl (C=O) groups excluding carboxylic acids is 2. The zero-order valence-electron chi connectivity index (χ0n) is 13.7. The highest BCUT2D eigenvalue weighted by Crippen LogP contribution is 2.25. The molecule has 0 atom stereocenters. The summed E-state index contributed by atoms with van der Waals surface area (Å²) in [6.07, 6.45) is 0.827. The summed E-state index contributed by atoms with van der Waals surface area (Å²) in [4.78, 5) is 30.1. The number of hydrogen-bond donors (Lipinski definition) is 0. The highest BCUT2D eigenvalue weighted by molar-refractivity contribution is 8.13. The molecule has 4 nitrogen and oxygen atoms in total. The number of nitrogens with zero attached hydrogens (tertiary/aromatic N) is 2. The third-order valence-corrected chi connectivity index (χ3v) is 4.90. The summed E-state index contributed by atoms with van der Waals surface area (Å²) in [6, 6.07) is 12.9. The number of thioether (sulfide) groups is 1. The van der Waals surface area contributed by atoms with Crippen LogP contribution >= 0.6 is 11.8 Å². The molecule has 0 aromatic heterocycles. The minimum atomic E-state index is -0.534. The van der Waals surface area contributed by atoms with Gasteiger partial charge >= 0.3 is 0 Å². The molecule has 1 amide bonds. The van der Waals surface area contributed by atoms with Crippen LogP contribution in [0, 0.1) is 5.82 Å². The van der Waals surface area contributed by atoms with Gasteiger partial charge in [0.05, 0.1) is 11.3 Å². The fourth-order valence-electron chi connectivity index (χ4n) is 2.50. The lowest BCUT2D eigenvalue weighted by Crippen LogP contribution is -2.39. The molecule has 0 aliphatic carbocycles. The molecule has 1 fully saturated rings. The van der Waals surface area contributed by atoms with Crippen molar-refractivity contribution in [2.75, 3.05) is 12.3 Å². The van der Waals surface area contributed by atoms with Gasteiger partial charge in [0.2, 0.25) is 0 Å². The van der Waals surface area contributed by atoms with E-state index < -0.39 is 5.82 Å². The Balaban J connectivity index is 1.89. The van der Waals surface area contributed by atoms with Crippen LogP contribution in [0.4, 0.5) is 10.1 Å². The normalized spacial score (nSPS) is 16.1. The zero-order chi connectivity index (χ0) is 17.8. The van der Waals surface area contributed by atoms with Crippen LogP contribution in [0.1, 0.15) is 34.1 Å². The lowest BCUT2D eigenvalue weighted by molar-refractivity contribution is 0.0844. The van der Waals surface area contributed by atoms with Crippen molar-refractivity contribution in [2.45, 2.75) is 13.3 Å². The van der Waals surface area contributed by atoms with Crippen molar-refractivity contribution in [1.82, 2.24) is 4.90 Å². The Morgan fingerprint density at radius 1 is 1.12 bits per heavy atom. The number of aliphatic imine (C=N–C) groups is 1. The number of ketones is 1. The van der Waals surface area contributed by atoms with E-state index >= 15 is 0 Å². The van der Waals surface area contributed by atoms with Crippen molar-refractivity contribution in [3.63, 3.8) is 0 Å². The first-order valence-electron chi connectivity index (χ1n) is 7.95. The molecule has 128 valence electrons. The quantitative estimate of drug-likeness (QED) is 0.771. The summed E-state index contributed by atoms with van der Waals surface area (Å²) in [6.45, 7) is 2.01. The lowest BCUT2D eigenvalue weighted by atomic mass is 10.1. The number of rotatable bonds is 3. The van der Waals surface area contributed by atoms with Crippen LogP contribution in [0.2, 0.25) is 0 Å². The van der Waals surface area contributed by atoms with Crippen LogP contribution in [-0.2, 0) is 0 Å². The molecule has 1 aliphatic rings. The second-order valence-electron chi connectivity index (χ2n) is 5.64. The maximum absolute atomic E-state index is 13.9. The van der Waals surface area contributed by atoms with Crippen molar-refractivity contribution in [2.24, 2.45) is 4.99 Å². The summed E-state index contributed by atoms with van der Waals surface area (Å²) in [5, 5.41) is 0.551. The molecular formula is C19H17FN2O2S. The minimum absolute atomic E-state index is 0.0115. The van der Waals surface area contributed by atoms with E-state index in [4.69, 9.17) is 0 Å². The van der Waals surface area contributed by atoms with Crippen molar-refractivity contribution in [1.29, 1.82) is 0 Å². The Morgan fingerprint density at radius 3 is 2.52 bits per heavy atom. The van der Waals surface area contributed by atoms with Crippen LogP contribution in [0.25, 0.3) is 0 Å². The number of Topliss-reactive ketones (excluding diaryl/α,β-unsaturated/α-hetero) is 1. The molecule has 2 aromatic rings. The van der Waals surface area contributed by atoms with E-state index in [9.17, 15) is 14.0 Å². The number of amides is 1. The standard InChI is InChI=1S/C19H17FN2O2S/c1-13(23)14-7-9-15(10-8-14)21-19-22(11-4-12-25-19)18(24)16-5-2-3-6-17(16)20/h2-3,5-10H,4,11-12H2,1H3. The average Bonchev–Trinajstić information content (AvgIpc) is 2.62. The first-order valence-corrected chi connectivity index (χ1v) is 8.94. The third kappa shape index (κ3) is 3.96. The van der Waals surface area contributed by atoms with Crippen LogP contribution in [-0.4, -0.2) is 34.1 Å². The summed E-state index contributed by atoms with van der Waals surface area (Å²) in [5.74, 6) is -0.0777. The van der Waals surface area contributed by atoms with Gasteiger partial charge in [-0.1, -0.05) is 23.9 Å². The van der Waals surface area contributed by atoms with Gasteiger partial charge in [-0.3, -0.25) is 14.5 Å². The van der Waals surface area contributed by atoms with Crippen molar-refractivity contribution in [3.05, 3.63) is 65.5 Å². The molecule has 1 saturated heterocycles. The minimum Gasteiger partial charge on any atom is -0.295 e. The Morgan fingerprint density at radius 2 is 1.84 bits per heavy atom. The number of halogens is 1. The molecule has 0 N–H and O–H groups in total. The molecule has 0 radical (unpaired) electrons. The van der Waals surface area contributed by atoms with Gasteiger partial charge in [0.25, 0.3) is 5.91 Å². The van der Waals surface area contributed by atoms with Gasteiger partial charge in [0, 0.05) is 17.9 Å².